The molecule has 0 unspecified atom stereocenters. The van der Waals surface area contributed by atoms with Gasteiger partial charge < -0.3 is 10.2 Å². The van der Waals surface area contributed by atoms with E-state index in [0.29, 0.717) is 25.5 Å². The molecule has 0 aromatic carbocycles. The highest BCUT2D eigenvalue weighted by Crippen LogP contribution is 2.18. The molecule has 3 rings (SSSR count). The Hall–Kier alpha value is -1.97. The van der Waals surface area contributed by atoms with E-state index in [0.717, 1.165) is 30.0 Å². The smallest absolute Gasteiger partial charge is 0.244 e. The van der Waals surface area contributed by atoms with Crippen molar-refractivity contribution in [1.29, 1.82) is 0 Å². The molecule has 9 heteroatoms. The van der Waals surface area contributed by atoms with Crippen LogP contribution >= 0.6 is 0 Å². The summed E-state index contributed by atoms with van der Waals surface area (Å²) in [6.07, 6.45) is 1.42. The minimum Gasteiger partial charge on any atom is -0.366 e. The van der Waals surface area contributed by atoms with Crippen LogP contribution in [0, 0.1) is 13.8 Å². The summed E-state index contributed by atoms with van der Waals surface area (Å²) in [6, 6.07) is 3.31. The fourth-order valence-corrected chi connectivity index (χ4v) is 4.20. The lowest BCUT2D eigenvalue weighted by atomic mass is 10.2. The van der Waals surface area contributed by atoms with E-state index in [1.807, 2.05) is 20.9 Å². The van der Waals surface area contributed by atoms with Crippen molar-refractivity contribution in [2.45, 2.75) is 25.3 Å². The van der Waals surface area contributed by atoms with Crippen molar-refractivity contribution in [1.82, 2.24) is 24.4 Å². The molecule has 0 radical (unpaired) electrons. The second-order valence-electron chi connectivity index (χ2n) is 6.35. The van der Waals surface area contributed by atoms with Gasteiger partial charge in [0.15, 0.2) is 0 Å². The number of sulfonamides is 1. The number of hydrogen-bond donors (Lipinski definition) is 2. The van der Waals surface area contributed by atoms with Crippen molar-refractivity contribution in [2.75, 3.05) is 38.5 Å². The zero-order valence-corrected chi connectivity index (χ0v) is 15.6. The first kappa shape index (κ1) is 17.8. The van der Waals surface area contributed by atoms with Gasteiger partial charge in [-0.3, -0.25) is 5.10 Å². The second-order valence-corrected chi connectivity index (χ2v) is 8.29. The average molecular weight is 364 g/mol. The number of nitrogens with zero attached hydrogens (tertiary/aromatic N) is 4. The molecule has 8 nitrogen and oxygen atoms in total. The molecular weight excluding hydrogens is 340 g/mol. The van der Waals surface area contributed by atoms with Crippen LogP contribution in [0.2, 0.25) is 0 Å². The summed E-state index contributed by atoms with van der Waals surface area (Å²) in [7, 11) is -1.48. The maximum Gasteiger partial charge on any atom is 0.244 e. The number of anilines is 1. The number of piperazine rings is 1. The third kappa shape index (κ3) is 3.83. The number of H-pyrrole nitrogens is 1. The van der Waals surface area contributed by atoms with Gasteiger partial charge >= 0.3 is 0 Å². The first-order valence-corrected chi connectivity index (χ1v) is 9.71. The highest BCUT2D eigenvalue weighted by molar-refractivity contribution is 7.89. The zero-order valence-electron chi connectivity index (χ0n) is 14.8. The third-order valence-electron chi connectivity index (χ3n) is 4.56. The van der Waals surface area contributed by atoms with Gasteiger partial charge in [0.2, 0.25) is 10.0 Å². The summed E-state index contributed by atoms with van der Waals surface area (Å²) in [5, 5.41) is 10.3. The van der Waals surface area contributed by atoms with E-state index in [9.17, 15) is 8.42 Å². The number of aromatic amines is 1. The van der Waals surface area contributed by atoms with Crippen molar-refractivity contribution in [3.63, 3.8) is 0 Å². The van der Waals surface area contributed by atoms with Crippen LogP contribution in [-0.4, -0.2) is 66.0 Å². The van der Waals surface area contributed by atoms with E-state index < -0.39 is 10.0 Å². The summed E-state index contributed by atoms with van der Waals surface area (Å²) < 4.78 is 26.9. The van der Waals surface area contributed by atoms with Crippen LogP contribution in [0.25, 0.3) is 0 Å². The van der Waals surface area contributed by atoms with E-state index in [-0.39, 0.29) is 4.90 Å². The van der Waals surface area contributed by atoms with Gasteiger partial charge in [-0.2, -0.15) is 9.40 Å². The molecule has 1 aliphatic heterocycles. The number of likely N-dealkylation sites (N-methyl/N-ethyl adjacent to an activating group) is 1. The van der Waals surface area contributed by atoms with E-state index in [1.165, 1.54) is 10.5 Å². The van der Waals surface area contributed by atoms with Crippen LogP contribution in [0.5, 0.6) is 0 Å². The Morgan fingerprint density at radius 1 is 1.20 bits per heavy atom. The highest BCUT2D eigenvalue weighted by atomic mass is 32.2. The third-order valence-corrected chi connectivity index (χ3v) is 6.45. The van der Waals surface area contributed by atoms with Crippen LogP contribution in [0.15, 0.2) is 23.2 Å². The predicted molar refractivity (Wildman–Crippen MR) is 95.9 cm³/mol. The first-order valence-electron chi connectivity index (χ1n) is 8.27. The molecular formula is C16H24N6O2S. The second kappa shape index (κ2) is 7.11. The Morgan fingerprint density at radius 2 is 1.92 bits per heavy atom. The summed E-state index contributed by atoms with van der Waals surface area (Å²) in [6.45, 7) is 7.02. The average Bonchev–Trinajstić information content (AvgIpc) is 2.92. The van der Waals surface area contributed by atoms with Gasteiger partial charge in [0, 0.05) is 50.2 Å². The predicted octanol–water partition coefficient (Wildman–Crippen LogP) is 0.970. The van der Waals surface area contributed by atoms with Crippen LogP contribution < -0.4 is 5.32 Å². The number of aromatic nitrogens is 3. The zero-order chi connectivity index (χ0) is 18.0. The van der Waals surface area contributed by atoms with Crippen LogP contribution in [0.1, 0.15) is 17.0 Å². The number of pyridine rings is 1. The van der Waals surface area contributed by atoms with Gasteiger partial charge in [0.05, 0.1) is 5.69 Å². The standard InChI is InChI=1S/C16H24N6O2S/c1-12-15(13(2)20-19-12)11-18-16-5-4-14(10-17-16)25(23,24)22-8-6-21(3)7-9-22/h4-5,10H,6-9,11H2,1-3H3,(H,17,18)(H,19,20). The Morgan fingerprint density at radius 3 is 2.48 bits per heavy atom. The normalized spacial score (nSPS) is 16.9. The minimum atomic E-state index is -3.47. The molecule has 0 aliphatic carbocycles. The van der Waals surface area contributed by atoms with Gasteiger partial charge in [-0.1, -0.05) is 0 Å². The molecule has 0 saturated carbocycles. The topological polar surface area (TPSA) is 94.2 Å². The molecule has 2 aromatic rings. The summed E-state index contributed by atoms with van der Waals surface area (Å²) >= 11 is 0. The number of aryl methyl sites for hydroxylation is 2. The minimum absolute atomic E-state index is 0.235. The fraction of sp³-hybridized carbons (Fsp3) is 0.500. The summed E-state index contributed by atoms with van der Waals surface area (Å²) in [5.74, 6) is 0.636. The first-order chi connectivity index (χ1) is 11.9. The van der Waals surface area contributed by atoms with E-state index >= 15 is 0 Å². The Kier molecular flexibility index (Phi) is 5.07. The van der Waals surface area contributed by atoms with E-state index in [2.05, 4.69) is 25.4 Å². The largest absolute Gasteiger partial charge is 0.366 e. The van der Waals surface area contributed by atoms with Gasteiger partial charge in [-0.25, -0.2) is 13.4 Å². The number of rotatable bonds is 5. The summed E-state index contributed by atoms with van der Waals surface area (Å²) in [4.78, 5) is 6.61. The van der Waals surface area contributed by atoms with Crippen molar-refractivity contribution in [3.05, 3.63) is 35.3 Å². The molecule has 2 aromatic heterocycles. The van der Waals surface area contributed by atoms with E-state index in [1.54, 1.807) is 12.1 Å². The van der Waals surface area contributed by atoms with Crippen molar-refractivity contribution >= 4 is 15.8 Å². The number of nitrogens with one attached hydrogen (secondary N) is 2. The van der Waals surface area contributed by atoms with Gasteiger partial charge in [0.25, 0.3) is 0 Å². The summed E-state index contributed by atoms with van der Waals surface area (Å²) in [5.41, 5.74) is 3.05. The quantitative estimate of drug-likeness (QED) is 0.821. The van der Waals surface area contributed by atoms with Crippen molar-refractivity contribution in [2.24, 2.45) is 0 Å². The molecule has 1 fully saturated rings. The van der Waals surface area contributed by atoms with Gasteiger partial charge in [-0.15, -0.1) is 0 Å². The van der Waals surface area contributed by atoms with Crippen LogP contribution in [0.3, 0.4) is 0 Å². The van der Waals surface area contributed by atoms with Crippen molar-refractivity contribution < 1.29 is 8.42 Å². The van der Waals surface area contributed by atoms with Crippen LogP contribution in [-0.2, 0) is 16.6 Å². The lowest BCUT2D eigenvalue weighted by Gasteiger charge is -2.31. The molecule has 0 spiro atoms. The molecule has 136 valence electrons. The maximum absolute atomic E-state index is 12.7. The lowest BCUT2D eigenvalue weighted by molar-refractivity contribution is 0.222. The fourth-order valence-electron chi connectivity index (χ4n) is 2.83. The molecule has 25 heavy (non-hydrogen) atoms. The van der Waals surface area contributed by atoms with Crippen molar-refractivity contribution in [3.8, 4) is 0 Å². The van der Waals surface area contributed by atoms with Gasteiger partial charge in [-0.05, 0) is 33.0 Å². The maximum atomic E-state index is 12.7. The molecule has 0 atom stereocenters. The van der Waals surface area contributed by atoms with E-state index in [4.69, 9.17) is 0 Å². The molecule has 0 amide bonds. The SMILES string of the molecule is Cc1n[nH]c(C)c1CNc1ccc(S(=O)(=O)N2CCN(C)CC2)cn1. The lowest BCUT2D eigenvalue weighted by Crippen LogP contribution is -2.47. The Bertz CT molecular complexity index is 803. The molecule has 0 bridgehead atoms. The monoisotopic (exact) mass is 364 g/mol. The Balaban J connectivity index is 1.67. The molecule has 2 N–H and O–H groups in total. The number of hydrogen-bond acceptors (Lipinski definition) is 6. The molecule has 1 aliphatic rings. The van der Waals surface area contributed by atoms with Crippen LogP contribution in [0.4, 0.5) is 5.82 Å². The Labute approximate surface area is 148 Å². The van der Waals surface area contributed by atoms with Gasteiger partial charge in [0.1, 0.15) is 10.7 Å². The molecule has 3 heterocycles. The molecule has 1 saturated heterocycles. The highest BCUT2D eigenvalue weighted by Gasteiger charge is 2.27.